The lowest BCUT2D eigenvalue weighted by Gasteiger charge is -2.21. The first-order valence-corrected chi connectivity index (χ1v) is 5.80. The predicted molar refractivity (Wildman–Crippen MR) is 72.5 cm³/mol. The predicted octanol–water partition coefficient (Wildman–Crippen LogP) is 1.88. The largest absolute Gasteiger partial charge is 0.496 e. The minimum Gasteiger partial charge on any atom is -0.496 e. The van der Waals surface area contributed by atoms with E-state index in [0.29, 0.717) is 18.0 Å². The second-order valence-electron chi connectivity index (χ2n) is 5.13. The van der Waals surface area contributed by atoms with E-state index < -0.39 is 0 Å². The van der Waals surface area contributed by atoms with Crippen LogP contribution in [0.3, 0.4) is 0 Å². The lowest BCUT2D eigenvalue weighted by molar-refractivity contribution is 0.231. The molecule has 4 N–H and O–H groups in total. The van der Waals surface area contributed by atoms with Crippen molar-refractivity contribution in [2.75, 3.05) is 12.8 Å². The number of nitrogens with two attached hydrogens (primary N) is 1. The second kappa shape index (κ2) is 5.62. The van der Waals surface area contributed by atoms with Crippen LogP contribution >= 0.6 is 0 Å². The third kappa shape index (κ3) is 4.53. The number of anilines is 1. The van der Waals surface area contributed by atoms with Crippen molar-refractivity contribution >= 4 is 11.7 Å². The van der Waals surface area contributed by atoms with E-state index in [0.717, 1.165) is 5.56 Å². The van der Waals surface area contributed by atoms with Crippen molar-refractivity contribution in [2.45, 2.75) is 32.9 Å². The molecular formula is C13H21N3O2. The van der Waals surface area contributed by atoms with Crippen molar-refractivity contribution in [2.24, 2.45) is 0 Å². The fourth-order valence-electron chi connectivity index (χ4n) is 1.50. The van der Waals surface area contributed by atoms with Gasteiger partial charge in [0.25, 0.3) is 0 Å². The number of amides is 2. The first-order valence-electron chi connectivity index (χ1n) is 5.80. The van der Waals surface area contributed by atoms with Crippen LogP contribution in [0.4, 0.5) is 10.5 Å². The van der Waals surface area contributed by atoms with Gasteiger partial charge in [0.05, 0.1) is 7.11 Å². The molecule has 0 aliphatic heterocycles. The van der Waals surface area contributed by atoms with Gasteiger partial charge >= 0.3 is 6.03 Å². The summed E-state index contributed by atoms with van der Waals surface area (Å²) < 4.78 is 5.21. The van der Waals surface area contributed by atoms with Gasteiger partial charge in [0.2, 0.25) is 0 Å². The number of methoxy groups -OCH3 is 1. The number of hydrogen-bond acceptors (Lipinski definition) is 3. The van der Waals surface area contributed by atoms with E-state index in [1.165, 1.54) is 0 Å². The third-order valence-corrected chi connectivity index (χ3v) is 2.23. The molecule has 1 rings (SSSR count). The van der Waals surface area contributed by atoms with Gasteiger partial charge in [-0.2, -0.15) is 0 Å². The van der Waals surface area contributed by atoms with Crippen molar-refractivity contribution < 1.29 is 9.53 Å². The molecule has 5 heteroatoms. The average molecular weight is 251 g/mol. The van der Waals surface area contributed by atoms with Gasteiger partial charge in [-0.25, -0.2) is 4.79 Å². The molecule has 0 saturated heterocycles. The summed E-state index contributed by atoms with van der Waals surface area (Å²) in [5.74, 6) is 0.709. The Morgan fingerprint density at radius 2 is 2.06 bits per heavy atom. The average Bonchev–Trinajstić information content (AvgIpc) is 2.24. The van der Waals surface area contributed by atoms with Gasteiger partial charge < -0.3 is 21.1 Å². The number of urea groups is 1. The Hall–Kier alpha value is -1.91. The van der Waals surface area contributed by atoms with Crippen LogP contribution < -0.4 is 21.1 Å². The second-order valence-corrected chi connectivity index (χ2v) is 5.13. The number of ether oxygens (including phenoxy) is 1. The Bertz CT molecular complexity index is 425. The number of nitrogen functional groups attached to an aromatic ring is 1. The minimum absolute atomic E-state index is 0.216. The molecule has 1 aromatic carbocycles. The zero-order chi connectivity index (χ0) is 13.8. The van der Waals surface area contributed by atoms with Crippen LogP contribution in [-0.4, -0.2) is 18.7 Å². The van der Waals surface area contributed by atoms with Crippen LogP contribution in [0.2, 0.25) is 0 Å². The highest BCUT2D eigenvalue weighted by atomic mass is 16.5. The number of carbonyl (C=O) groups is 1. The van der Waals surface area contributed by atoms with Gasteiger partial charge in [-0.3, -0.25) is 0 Å². The molecule has 0 saturated carbocycles. The maximum Gasteiger partial charge on any atom is 0.315 e. The number of hydrogen-bond donors (Lipinski definition) is 3. The van der Waals surface area contributed by atoms with Gasteiger partial charge in [-0.05, 0) is 39.0 Å². The summed E-state index contributed by atoms with van der Waals surface area (Å²) in [5, 5.41) is 5.59. The molecule has 0 heterocycles. The zero-order valence-electron chi connectivity index (χ0n) is 11.3. The molecule has 0 aliphatic rings. The first kappa shape index (κ1) is 14.2. The molecule has 0 aromatic heterocycles. The van der Waals surface area contributed by atoms with Crippen molar-refractivity contribution in [3.63, 3.8) is 0 Å². The summed E-state index contributed by atoms with van der Waals surface area (Å²) >= 11 is 0. The number of rotatable bonds is 3. The van der Waals surface area contributed by atoms with Crippen LogP contribution in [0.5, 0.6) is 5.75 Å². The number of nitrogens with one attached hydrogen (secondary N) is 2. The normalized spacial score (nSPS) is 10.9. The van der Waals surface area contributed by atoms with Crippen LogP contribution in [0.15, 0.2) is 18.2 Å². The Balaban J connectivity index is 2.63. The van der Waals surface area contributed by atoms with Crippen LogP contribution in [0.1, 0.15) is 26.3 Å². The fraction of sp³-hybridized carbons (Fsp3) is 0.462. The molecular weight excluding hydrogens is 230 g/mol. The summed E-state index contributed by atoms with van der Waals surface area (Å²) in [6, 6.07) is 5.12. The van der Waals surface area contributed by atoms with E-state index in [9.17, 15) is 4.79 Å². The maximum absolute atomic E-state index is 11.6. The minimum atomic E-state index is -0.260. The molecule has 0 radical (unpaired) electrons. The standard InChI is InChI=1S/C13H21N3O2/c1-13(2,3)16-12(17)15-8-9-7-10(14)5-6-11(9)18-4/h5-7H,8,14H2,1-4H3,(H2,15,16,17). The number of carbonyl (C=O) groups excluding carboxylic acids is 1. The molecule has 0 spiro atoms. The summed E-state index contributed by atoms with van der Waals surface area (Å²) in [6.07, 6.45) is 0. The Kier molecular flexibility index (Phi) is 4.42. The molecule has 0 bridgehead atoms. The molecule has 0 aliphatic carbocycles. The third-order valence-electron chi connectivity index (χ3n) is 2.23. The van der Waals surface area contributed by atoms with Gasteiger partial charge in [-0.15, -0.1) is 0 Å². The summed E-state index contributed by atoms with van der Waals surface area (Å²) in [4.78, 5) is 11.6. The smallest absolute Gasteiger partial charge is 0.315 e. The molecule has 0 atom stereocenters. The zero-order valence-corrected chi connectivity index (χ0v) is 11.3. The highest BCUT2D eigenvalue weighted by molar-refractivity contribution is 5.74. The fourth-order valence-corrected chi connectivity index (χ4v) is 1.50. The van der Waals surface area contributed by atoms with Crippen LogP contribution in [0, 0.1) is 0 Å². The summed E-state index contributed by atoms with van der Waals surface area (Å²) in [6.45, 7) is 6.14. The molecule has 100 valence electrons. The van der Waals surface area contributed by atoms with E-state index in [1.54, 1.807) is 25.3 Å². The van der Waals surface area contributed by atoms with E-state index in [1.807, 2.05) is 20.8 Å². The molecule has 1 aromatic rings. The van der Waals surface area contributed by atoms with Gasteiger partial charge in [-0.1, -0.05) is 0 Å². The Morgan fingerprint density at radius 1 is 1.39 bits per heavy atom. The van der Waals surface area contributed by atoms with E-state index in [2.05, 4.69) is 10.6 Å². The highest BCUT2D eigenvalue weighted by Gasteiger charge is 2.13. The summed E-state index contributed by atoms with van der Waals surface area (Å²) in [7, 11) is 1.59. The van der Waals surface area contributed by atoms with Crippen LogP contribution in [0.25, 0.3) is 0 Å². The molecule has 0 unspecified atom stereocenters. The molecule has 2 amide bonds. The van der Waals surface area contributed by atoms with E-state index in [4.69, 9.17) is 10.5 Å². The van der Waals surface area contributed by atoms with Gasteiger partial charge in [0, 0.05) is 23.3 Å². The molecule has 0 fully saturated rings. The summed E-state index contributed by atoms with van der Waals surface area (Å²) in [5.41, 5.74) is 6.94. The van der Waals surface area contributed by atoms with Crippen LogP contribution in [-0.2, 0) is 6.54 Å². The number of benzene rings is 1. The van der Waals surface area contributed by atoms with E-state index in [-0.39, 0.29) is 11.6 Å². The molecule has 18 heavy (non-hydrogen) atoms. The Morgan fingerprint density at radius 3 is 2.61 bits per heavy atom. The lowest BCUT2D eigenvalue weighted by atomic mass is 10.1. The van der Waals surface area contributed by atoms with E-state index >= 15 is 0 Å². The topological polar surface area (TPSA) is 76.4 Å². The lowest BCUT2D eigenvalue weighted by Crippen LogP contribution is -2.46. The monoisotopic (exact) mass is 251 g/mol. The first-order chi connectivity index (χ1) is 8.31. The van der Waals surface area contributed by atoms with Gasteiger partial charge in [0.15, 0.2) is 0 Å². The van der Waals surface area contributed by atoms with Crippen molar-refractivity contribution in [3.8, 4) is 5.75 Å². The highest BCUT2D eigenvalue weighted by Crippen LogP contribution is 2.20. The Labute approximate surface area is 108 Å². The maximum atomic E-state index is 11.6. The van der Waals surface area contributed by atoms with Gasteiger partial charge in [0.1, 0.15) is 5.75 Å². The SMILES string of the molecule is COc1ccc(N)cc1CNC(=O)NC(C)(C)C. The van der Waals surface area contributed by atoms with Crippen molar-refractivity contribution in [1.82, 2.24) is 10.6 Å². The van der Waals surface area contributed by atoms with Crippen molar-refractivity contribution in [1.29, 1.82) is 0 Å². The quantitative estimate of drug-likeness (QED) is 0.718. The molecule has 5 nitrogen and oxygen atoms in total. The van der Waals surface area contributed by atoms with Crippen molar-refractivity contribution in [3.05, 3.63) is 23.8 Å².